The molecule has 0 radical (unpaired) electrons. The van der Waals surface area contributed by atoms with Crippen LogP contribution >= 0.6 is 0 Å². The fourth-order valence-corrected chi connectivity index (χ4v) is 1.25. The Bertz CT molecular complexity index is 462. The Morgan fingerprint density at radius 3 is 2.73 bits per heavy atom. The van der Waals surface area contributed by atoms with E-state index in [1.807, 2.05) is 30.3 Å². The highest BCUT2D eigenvalue weighted by Crippen LogP contribution is 2.17. The molecule has 0 atom stereocenters. The summed E-state index contributed by atoms with van der Waals surface area (Å²) in [4.78, 5) is 17.7. The third-order valence-corrected chi connectivity index (χ3v) is 1.85. The second-order valence-electron chi connectivity index (χ2n) is 3.05. The van der Waals surface area contributed by atoms with Crippen LogP contribution in [0.5, 0.6) is 5.88 Å². The average molecular weight is 202 g/mol. The predicted molar refractivity (Wildman–Crippen MR) is 55.3 cm³/mol. The van der Waals surface area contributed by atoms with Crippen molar-refractivity contribution in [2.45, 2.75) is 6.92 Å². The molecule has 1 heterocycles. The van der Waals surface area contributed by atoms with E-state index in [-0.39, 0.29) is 5.97 Å². The number of aromatic amines is 1. The predicted octanol–water partition coefficient (Wildman–Crippen LogP) is 2.00. The van der Waals surface area contributed by atoms with Crippen molar-refractivity contribution in [1.29, 1.82) is 0 Å². The minimum Gasteiger partial charge on any atom is -0.406 e. The van der Waals surface area contributed by atoms with Crippen molar-refractivity contribution >= 4 is 5.97 Å². The molecule has 0 fully saturated rings. The lowest BCUT2D eigenvalue weighted by atomic mass is 10.2. The molecule has 4 nitrogen and oxygen atoms in total. The first-order chi connectivity index (χ1) is 7.25. The Kier molecular flexibility index (Phi) is 2.49. The van der Waals surface area contributed by atoms with Crippen LogP contribution in [0.25, 0.3) is 11.4 Å². The summed E-state index contributed by atoms with van der Waals surface area (Å²) in [6.07, 6.45) is 1.56. The largest absolute Gasteiger partial charge is 0.406 e. The van der Waals surface area contributed by atoms with Gasteiger partial charge < -0.3 is 9.72 Å². The number of aromatic nitrogens is 2. The average Bonchev–Trinajstić information content (AvgIpc) is 2.67. The molecule has 15 heavy (non-hydrogen) atoms. The molecule has 1 aromatic carbocycles. The van der Waals surface area contributed by atoms with Crippen LogP contribution in [0.3, 0.4) is 0 Å². The topological polar surface area (TPSA) is 55.0 Å². The fraction of sp³-hybridized carbons (Fsp3) is 0.0909. The van der Waals surface area contributed by atoms with Gasteiger partial charge in [-0.3, -0.25) is 4.79 Å². The number of hydrogen-bond donors (Lipinski definition) is 1. The number of nitrogens with zero attached hydrogens (tertiary/aromatic N) is 1. The fourth-order valence-electron chi connectivity index (χ4n) is 1.25. The molecule has 2 aromatic rings. The van der Waals surface area contributed by atoms with E-state index >= 15 is 0 Å². The van der Waals surface area contributed by atoms with Gasteiger partial charge in [0.05, 0.1) is 6.20 Å². The molecule has 0 aliphatic rings. The zero-order valence-corrected chi connectivity index (χ0v) is 8.23. The van der Waals surface area contributed by atoms with Gasteiger partial charge in [0, 0.05) is 12.5 Å². The van der Waals surface area contributed by atoms with E-state index in [9.17, 15) is 4.79 Å². The third kappa shape index (κ3) is 2.22. The SMILES string of the molecule is CC(=O)Oc1c[nH]c(-c2ccccc2)n1. The minimum atomic E-state index is -0.374. The van der Waals surface area contributed by atoms with Crippen LogP contribution in [0.1, 0.15) is 6.92 Å². The van der Waals surface area contributed by atoms with Gasteiger partial charge in [0.25, 0.3) is 0 Å². The van der Waals surface area contributed by atoms with Gasteiger partial charge in [0.2, 0.25) is 5.88 Å². The number of esters is 1. The highest BCUT2D eigenvalue weighted by Gasteiger charge is 2.05. The van der Waals surface area contributed by atoms with E-state index in [2.05, 4.69) is 9.97 Å². The van der Waals surface area contributed by atoms with Crippen LogP contribution in [-0.2, 0) is 4.79 Å². The molecular formula is C11H10N2O2. The minimum absolute atomic E-state index is 0.293. The number of carbonyl (C=O) groups excluding carboxylic acids is 1. The number of imidazole rings is 1. The number of rotatable bonds is 2. The molecule has 0 amide bonds. The zero-order chi connectivity index (χ0) is 10.7. The number of carbonyl (C=O) groups is 1. The molecule has 2 rings (SSSR count). The standard InChI is InChI=1S/C11H10N2O2/c1-8(14)15-10-7-12-11(13-10)9-5-3-2-4-6-9/h2-7H,1H3,(H,12,13). The number of ether oxygens (including phenoxy) is 1. The second kappa shape index (κ2) is 3.96. The van der Waals surface area contributed by atoms with E-state index < -0.39 is 0 Å². The number of H-pyrrole nitrogens is 1. The Balaban J connectivity index is 2.24. The van der Waals surface area contributed by atoms with Crippen molar-refractivity contribution in [2.24, 2.45) is 0 Å². The summed E-state index contributed by atoms with van der Waals surface area (Å²) in [5.41, 5.74) is 0.955. The van der Waals surface area contributed by atoms with Gasteiger partial charge in [-0.1, -0.05) is 30.3 Å². The molecule has 0 saturated heterocycles. The highest BCUT2D eigenvalue weighted by atomic mass is 16.5. The first-order valence-corrected chi connectivity index (χ1v) is 4.55. The first kappa shape index (κ1) is 9.45. The molecule has 4 heteroatoms. The highest BCUT2D eigenvalue weighted by molar-refractivity contribution is 5.69. The second-order valence-corrected chi connectivity index (χ2v) is 3.05. The van der Waals surface area contributed by atoms with E-state index in [4.69, 9.17) is 4.74 Å². The lowest BCUT2D eigenvalue weighted by Crippen LogP contribution is -2.01. The maximum absolute atomic E-state index is 10.7. The molecule has 0 unspecified atom stereocenters. The smallest absolute Gasteiger partial charge is 0.309 e. The number of hydrogen-bond acceptors (Lipinski definition) is 3. The molecule has 0 aliphatic heterocycles. The van der Waals surface area contributed by atoms with Gasteiger partial charge in [-0.05, 0) is 0 Å². The van der Waals surface area contributed by atoms with E-state index in [0.717, 1.165) is 5.56 Å². The van der Waals surface area contributed by atoms with Crippen molar-refractivity contribution in [3.8, 4) is 17.3 Å². The maximum atomic E-state index is 10.7. The van der Waals surface area contributed by atoms with Crippen LogP contribution < -0.4 is 4.74 Å². The van der Waals surface area contributed by atoms with Crippen molar-refractivity contribution in [3.63, 3.8) is 0 Å². The Morgan fingerprint density at radius 2 is 2.07 bits per heavy atom. The summed E-state index contributed by atoms with van der Waals surface area (Å²) >= 11 is 0. The van der Waals surface area contributed by atoms with Crippen molar-refractivity contribution < 1.29 is 9.53 Å². The Morgan fingerprint density at radius 1 is 1.33 bits per heavy atom. The van der Waals surface area contributed by atoms with Gasteiger partial charge in [-0.15, -0.1) is 0 Å². The number of benzene rings is 1. The molecule has 1 aromatic heterocycles. The summed E-state index contributed by atoms with van der Waals surface area (Å²) in [7, 11) is 0. The normalized spacial score (nSPS) is 9.93. The van der Waals surface area contributed by atoms with Crippen LogP contribution in [-0.4, -0.2) is 15.9 Å². The van der Waals surface area contributed by atoms with Crippen molar-refractivity contribution in [2.75, 3.05) is 0 Å². The molecule has 0 bridgehead atoms. The lowest BCUT2D eigenvalue weighted by molar-refractivity contribution is -0.132. The maximum Gasteiger partial charge on any atom is 0.309 e. The Labute approximate surface area is 86.9 Å². The van der Waals surface area contributed by atoms with Gasteiger partial charge >= 0.3 is 5.97 Å². The first-order valence-electron chi connectivity index (χ1n) is 4.55. The summed E-state index contributed by atoms with van der Waals surface area (Å²) in [5, 5.41) is 0. The molecule has 0 aliphatic carbocycles. The lowest BCUT2D eigenvalue weighted by Gasteiger charge is -1.94. The van der Waals surface area contributed by atoms with E-state index in [1.165, 1.54) is 6.92 Å². The van der Waals surface area contributed by atoms with Gasteiger partial charge in [0.1, 0.15) is 5.82 Å². The van der Waals surface area contributed by atoms with Crippen LogP contribution in [0.4, 0.5) is 0 Å². The monoisotopic (exact) mass is 202 g/mol. The van der Waals surface area contributed by atoms with Crippen molar-refractivity contribution in [3.05, 3.63) is 36.5 Å². The summed E-state index contributed by atoms with van der Waals surface area (Å²) < 4.78 is 4.84. The summed E-state index contributed by atoms with van der Waals surface area (Å²) in [6, 6.07) is 9.62. The van der Waals surface area contributed by atoms with E-state index in [1.54, 1.807) is 6.20 Å². The molecule has 1 N–H and O–H groups in total. The van der Waals surface area contributed by atoms with Crippen LogP contribution in [0, 0.1) is 0 Å². The molecular weight excluding hydrogens is 192 g/mol. The van der Waals surface area contributed by atoms with Crippen molar-refractivity contribution in [1.82, 2.24) is 9.97 Å². The molecule has 0 spiro atoms. The van der Waals surface area contributed by atoms with Crippen LogP contribution in [0.2, 0.25) is 0 Å². The zero-order valence-electron chi connectivity index (χ0n) is 8.23. The van der Waals surface area contributed by atoms with Gasteiger partial charge in [-0.2, -0.15) is 4.98 Å². The number of nitrogens with one attached hydrogen (secondary N) is 1. The van der Waals surface area contributed by atoms with E-state index in [0.29, 0.717) is 11.7 Å². The summed E-state index contributed by atoms with van der Waals surface area (Å²) in [6.45, 7) is 1.34. The van der Waals surface area contributed by atoms with Gasteiger partial charge in [0.15, 0.2) is 0 Å². The molecule has 76 valence electrons. The molecule has 0 saturated carbocycles. The van der Waals surface area contributed by atoms with Gasteiger partial charge in [-0.25, -0.2) is 0 Å². The quantitative estimate of drug-likeness (QED) is 0.758. The van der Waals surface area contributed by atoms with Crippen LogP contribution in [0.15, 0.2) is 36.5 Å². The Hall–Kier alpha value is -2.10. The summed E-state index contributed by atoms with van der Waals surface area (Å²) in [5.74, 6) is 0.606. The third-order valence-electron chi connectivity index (χ3n) is 1.85.